The van der Waals surface area contributed by atoms with Crippen LogP contribution in [0.25, 0.3) is 0 Å². The highest BCUT2D eigenvalue weighted by Crippen LogP contribution is 2.06. The summed E-state index contributed by atoms with van der Waals surface area (Å²) in [5.74, 6) is 0.986. The van der Waals surface area contributed by atoms with Crippen molar-refractivity contribution in [1.82, 2.24) is 15.0 Å². The second kappa shape index (κ2) is 7.10. The number of aromatic nitrogens is 2. The van der Waals surface area contributed by atoms with E-state index >= 15 is 0 Å². The van der Waals surface area contributed by atoms with Crippen LogP contribution in [0, 0.1) is 0 Å². The van der Waals surface area contributed by atoms with Crippen molar-refractivity contribution in [3.05, 3.63) is 11.7 Å². The molecule has 102 valence electrons. The number of ether oxygens (including phenoxy) is 1. The standard InChI is InChI=1S/C12H21N3O3/c1-5-11-13-10(14-18-11)7-15(9(3)4)8-12(16)17-6-2/h9H,5-8H2,1-4H3. The predicted molar refractivity (Wildman–Crippen MR) is 65.9 cm³/mol. The minimum atomic E-state index is -0.231. The fraction of sp³-hybridized carbons (Fsp3) is 0.750. The Morgan fingerprint density at radius 2 is 2.17 bits per heavy atom. The Balaban J connectivity index is 2.59. The van der Waals surface area contributed by atoms with Crippen molar-refractivity contribution in [1.29, 1.82) is 0 Å². The van der Waals surface area contributed by atoms with Crippen LogP contribution in [0.15, 0.2) is 4.52 Å². The van der Waals surface area contributed by atoms with Gasteiger partial charge in [0.2, 0.25) is 5.89 Å². The Hall–Kier alpha value is -1.43. The van der Waals surface area contributed by atoms with E-state index in [4.69, 9.17) is 9.26 Å². The van der Waals surface area contributed by atoms with Crippen LogP contribution in [0.5, 0.6) is 0 Å². The number of carbonyl (C=O) groups excluding carboxylic acids is 1. The number of hydrogen-bond acceptors (Lipinski definition) is 6. The van der Waals surface area contributed by atoms with E-state index in [0.717, 1.165) is 0 Å². The number of carbonyl (C=O) groups is 1. The van der Waals surface area contributed by atoms with Gasteiger partial charge in [0.15, 0.2) is 5.82 Å². The van der Waals surface area contributed by atoms with Gasteiger partial charge in [-0.05, 0) is 20.8 Å². The van der Waals surface area contributed by atoms with Crippen molar-refractivity contribution in [2.75, 3.05) is 13.2 Å². The lowest BCUT2D eigenvalue weighted by molar-refractivity contribution is -0.145. The van der Waals surface area contributed by atoms with Gasteiger partial charge in [-0.15, -0.1) is 0 Å². The summed E-state index contributed by atoms with van der Waals surface area (Å²) >= 11 is 0. The van der Waals surface area contributed by atoms with Crippen LogP contribution in [0.3, 0.4) is 0 Å². The number of aryl methyl sites for hydroxylation is 1. The second-order valence-corrected chi connectivity index (χ2v) is 4.26. The quantitative estimate of drug-likeness (QED) is 0.686. The topological polar surface area (TPSA) is 68.5 Å². The molecule has 0 spiro atoms. The first-order chi connectivity index (χ1) is 8.56. The van der Waals surface area contributed by atoms with Gasteiger partial charge in [-0.1, -0.05) is 12.1 Å². The maximum atomic E-state index is 11.5. The zero-order chi connectivity index (χ0) is 13.5. The molecule has 0 unspecified atom stereocenters. The van der Waals surface area contributed by atoms with Crippen LogP contribution < -0.4 is 0 Å². The van der Waals surface area contributed by atoms with Crippen LogP contribution >= 0.6 is 0 Å². The molecule has 0 bridgehead atoms. The van der Waals surface area contributed by atoms with Gasteiger partial charge in [0.25, 0.3) is 0 Å². The molecule has 0 aliphatic carbocycles. The van der Waals surface area contributed by atoms with Gasteiger partial charge in [0, 0.05) is 12.5 Å². The normalized spacial score (nSPS) is 11.2. The molecule has 0 aliphatic heterocycles. The molecule has 18 heavy (non-hydrogen) atoms. The monoisotopic (exact) mass is 255 g/mol. The fourth-order valence-electron chi connectivity index (χ4n) is 1.47. The molecule has 1 rings (SSSR count). The van der Waals surface area contributed by atoms with Gasteiger partial charge in [-0.25, -0.2) is 0 Å². The largest absolute Gasteiger partial charge is 0.465 e. The van der Waals surface area contributed by atoms with Crippen molar-refractivity contribution < 1.29 is 14.1 Å². The molecule has 1 aromatic rings. The van der Waals surface area contributed by atoms with Crippen LogP contribution in [-0.2, 0) is 22.5 Å². The zero-order valence-electron chi connectivity index (χ0n) is 11.5. The predicted octanol–water partition coefficient (Wildman–Crippen LogP) is 1.41. The SMILES string of the molecule is CCOC(=O)CN(Cc1noc(CC)n1)C(C)C. The van der Waals surface area contributed by atoms with Crippen molar-refractivity contribution in [2.45, 2.75) is 46.7 Å². The Labute approximate surface area is 107 Å². The summed E-state index contributed by atoms with van der Waals surface area (Å²) in [4.78, 5) is 17.7. The third-order valence-corrected chi connectivity index (χ3v) is 2.52. The number of hydrogen-bond donors (Lipinski definition) is 0. The van der Waals surface area contributed by atoms with Crippen LogP contribution in [-0.4, -0.2) is 40.2 Å². The molecule has 0 fully saturated rings. The molecule has 1 heterocycles. The minimum Gasteiger partial charge on any atom is -0.465 e. The average Bonchev–Trinajstić information content (AvgIpc) is 2.76. The van der Waals surface area contributed by atoms with E-state index in [1.165, 1.54) is 0 Å². The third-order valence-electron chi connectivity index (χ3n) is 2.52. The van der Waals surface area contributed by atoms with E-state index < -0.39 is 0 Å². The molecular weight excluding hydrogens is 234 g/mol. The minimum absolute atomic E-state index is 0.206. The molecule has 0 saturated heterocycles. The van der Waals surface area contributed by atoms with Gasteiger partial charge in [0.1, 0.15) is 0 Å². The molecule has 0 saturated carbocycles. The van der Waals surface area contributed by atoms with Gasteiger partial charge in [-0.2, -0.15) is 4.98 Å². The molecule has 0 aliphatic rings. The summed E-state index contributed by atoms with van der Waals surface area (Å²) in [5, 5.41) is 3.88. The maximum Gasteiger partial charge on any atom is 0.320 e. The first-order valence-electron chi connectivity index (χ1n) is 6.27. The molecule has 0 N–H and O–H groups in total. The van der Waals surface area contributed by atoms with Crippen molar-refractivity contribution in [3.63, 3.8) is 0 Å². The third kappa shape index (κ3) is 4.44. The average molecular weight is 255 g/mol. The summed E-state index contributed by atoms with van der Waals surface area (Å²) in [5.41, 5.74) is 0. The summed E-state index contributed by atoms with van der Waals surface area (Å²) in [6, 6.07) is 0.206. The van der Waals surface area contributed by atoms with E-state index in [0.29, 0.717) is 31.3 Å². The second-order valence-electron chi connectivity index (χ2n) is 4.26. The molecule has 6 heteroatoms. The van der Waals surface area contributed by atoms with Gasteiger partial charge < -0.3 is 9.26 Å². The highest BCUT2D eigenvalue weighted by Gasteiger charge is 2.17. The molecular formula is C12H21N3O3. The lowest BCUT2D eigenvalue weighted by atomic mass is 10.3. The van der Waals surface area contributed by atoms with Gasteiger partial charge >= 0.3 is 5.97 Å². The molecule has 0 aromatic carbocycles. The molecule has 0 atom stereocenters. The Morgan fingerprint density at radius 3 is 2.67 bits per heavy atom. The van der Waals surface area contributed by atoms with Crippen molar-refractivity contribution in [3.8, 4) is 0 Å². The number of esters is 1. The molecule has 6 nitrogen and oxygen atoms in total. The summed E-state index contributed by atoms with van der Waals surface area (Å²) in [7, 11) is 0. The highest BCUT2D eigenvalue weighted by atomic mass is 16.5. The zero-order valence-corrected chi connectivity index (χ0v) is 11.5. The Morgan fingerprint density at radius 1 is 1.44 bits per heavy atom. The molecule has 0 radical (unpaired) electrons. The van der Waals surface area contributed by atoms with Crippen LogP contribution in [0.2, 0.25) is 0 Å². The molecule has 0 amide bonds. The first-order valence-corrected chi connectivity index (χ1v) is 6.27. The van der Waals surface area contributed by atoms with E-state index in [2.05, 4.69) is 10.1 Å². The van der Waals surface area contributed by atoms with Gasteiger partial charge in [0.05, 0.1) is 19.7 Å². The van der Waals surface area contributed by atoms with Crippen molar-refractivity contribution in [2.24, 2.45) is 0 Å². The number of nitrogens with zero attached hydrogens (tertiary/aromatic N) is 3. The maximum absolute atomic E-state index is 11.5. The van der Waals surface area contributed by atoms with E-state index in [1.54, 1.807) is 6.92 Å². The van der Waals surface area contributed by atoms with E-state index in [1.807, 2.05) is 25.7 Å². The van der Waals surface area contributed by atoms with E-state index in [-0.39, 0.29) is 18.6 Å². The van der Waals surface area contributed by atoms with Gasteiger partial charge in [-0.3, -0.25) is 9.69 Å². The summed E-state index contributed by atoms with van der Waals surface area (Å²) in [6.07, 6.45) is 0.715. The smallest absolute Gasteiger partial charge is 0.320 e. The Kier molecular flexibility index (Phi) is 5.77. The Bertz CT molecular complexity index is 376. The lowest BCUT2D eigenvalue weighted by Gasteiger charge is -2.23. The van der Waals surface area contributed by atoms with Crippen LogP contribution in [0.4, 0.5) is 0 Å². The summed E-state index contributed by atoms with van der Waals surface area (Å²) < 4.78 is 9.98. The highest BCUT2D eigenvalue weighted by molar-refractivity contribution is 5.71. The van der Waals surface area contributed by atoms with Crippen LogP contribution in [0.1, 0.15) is 39.4 Å². The van der Waals surface area contributed by atoms with Crippen molar-refractivity contribution >= 4 is 5.97 Å². The summed E-state index contributed by atoms with van der Waals surface area (Å²) in [6.45, 7) is 8.90. The van der Waals surface area contributed by atoms with E-state index in [9.17, 15) is 4.79 Å². The fourth-order valence-corrected chi connectivity index (χ4v) is 1.47. The first kappa shape index (κ1) is 14.6. The molecule has 1 aromatic heterocycles. The lowest BCUT2D eigenvalue weighted by Crippen LogP contribution is -2.36. The number of rotatable bonds is 7.